The first kappa shape index (κ1) is 33.4. The van der Waals surface area contributed by atoms with Gasteiger partial charge in [0, 0.05) is 5.75 Å². The number of hydrogen-bond acceptors (Lipinski definition) is 10. The summed E-state index contributed by atoms with van der Waals surface area (Å²) in [6.07, 6.45) is -5.77. The molecule has 4 aromatic carbocycles. The molecular formula is C37H34O9S. The molecule has 1 aliphatic rings. The Labute approximate surface area is 277 Å². The van der Waals surface area contributed by atoms with Crippen LogP contribution in [0.2, 0.25) is 0 Å². The molecule has 5 rings (SSSR count). The van der Waals surface area contributed by atoms with E-state index >= 15 is 0 Å². The van der Waals surface area contributed by atoms with Crippen molar-refractivity contribution in [2.75, 3.05) is 18.1 Å². The topological polar surface area (TPSA) is 114 Å². The predicted molar refractivity (Wildman–Crippen MR) is 175 cm³/mol. The number of hydrogen-bond donors (Lipinski definition) is 0. The Morgan fingerprint density at radius 1 is 0.532 bits per heavy atom. The molecule has 0 saturated carbocycles. The van der Waals surface area contributed by atoms with Crippen LogP contribution >= 0.6 is 11.8 Å². The summed E-state index contributed by atoms with van der Waals surface area (Å²) in [5, 5.41) is 0. The molecule has 0 amide bonds. The summed E-state index contributed by atoms with van der Waals surface area (Å²) >= 11 is 1.52. The fraction of sp³-hybridized carbons (Fsp3) is 0.243. The third-order valence-electron chi connectivity index (χ3n) is 7.36. The van der Waals surface area contributed by atoms with Gasteiger partial charge in [0.1, 0.15) is 18.8 Å². The first-order chi connectivity index (χ1) is 22.9. The van der Waals surface area contributed by atoms with Crippen molar-refractivity contribution in [1.82, 2.24) is 0 Å². The van der Waals surface area contributed by atoms with E-state index in [-0.39, 0.29) is 23.3 Å². The number of rotatable bonds is 12. The second-order valence-electron chi connectivity index (χ2n) is 10.5. The third kappa shape index (κ3) is 8.87. The average Bonchev–Trinajstić information content (AvgIpc) is 3.13. The minimum Gasteiger partial charge on any atom is -0.459 e. The van der Waals surface area contributed by atoms with Gasteiger partial charge < -0.3 is 23.7 Å². The van der Waals surface area contributed by atoms with E-state index in [9.17, 15) is 19.2 Å². The van der Waals surface area contributed by atoms with Crippen molar-refractivity contribution < 1.29 is 42.9 Å². The second kappa shape index (κ2) is 16.6. The van der Waals surface area contributed by atoms with Crippen molar-refractivity contribution in [3.05, 3.63) is 144 Å². The molecule has 0 aromatic heterocycles. The van der Waals surface area contributed by atoms with Crippen molar-refractivity contribution in [1.29, 1.82) is 0 Å². The zero-order chi connectivity index (χ0) is 33.0. The SMILES string of the molecule is CCSC[C@@H]1O[C@H](COC(=O)c2ccccc2)[C@@H](OC(=O)c2ccccc2)[C@H](OC(=O)c2ccccc2)[C@H]1OC(=O)c1ccccc1. The maximum absolute atomic E-state index is 13.6. The van der Waals surface area contributed by atoms with E-state index in [0.29, 0.717) is 17.1 Å². The zero-order valence-corrected chi connectivity index (χ0v) is 26.5. The largest absolute Gasteiger partial charge is 0.459 e. The number of thioether (sulfide) groups is 1. The number of esters is 4. The van der Waals surface area contributed by atoms with Crippen LogP contribution in [0, 0.1) is 0 Å². The van der Waals surface area contributed by atoms with Gasteiger partial charge in [0.05, 0.1) is 22.3 Å². The highest BCUT2D eigenvalue weighted by atomic mass is 32.2. The van der Waals surface area contributed by atoms with Crippen LogP contribution in [0.15, 0.2) is 121 Å². The molecule has 0 N–H and O–H groups in total. The molecule has 1 fully saturated rings. The van der Waals surface area contributed by atoms with Gasteiger partial charge >= 0.3 is 23.9 Å². The highest BCUT2D eigenvalue weighted by molar-refractivity contribution is 7.99. The van der Waals surface area contributed by atoms with E-state index in [4.69, 9.17) is 23.7 Å². The lowest BCUT2D eigenvalue weighted by atomic mass is 9.94. The van der Waals surface area contributed by atoms with E-state index < -0.39 is 54.4 Å². The fourth-order valence-electron chi connectivity index (χ4n) is 5.02. The predicted octanol–water partition coefficient (Wildman–Crippen LogP) is 6.04. The Balaban J connectivity index is 1.53. The zero-order valence-electron chi connectivity index (χ0n) is 25.6. The molecular weight excluding hydrogens is 620 g/mol. The molecule has 4 aromatic rings. The number of carbonyl (C=O) groups is 4. The summed E-state index contributed by atoms with van der Waals surface area (Å²) in [6, 6.07) is 33.4. The number of carbonyl (C=O) groups excluding carboxylic acids is 4. The summed E-state index contributed by atoms with van der Waals surface area (Å²) in [5.41, 5.74) is 1.08. The van der Waals surface area contributed by atoms with Crippen LogP contribution in [0.3, 0.4) is 0 Å². The van der Waals surface area contributed by atoms with E-state index in [0.717, 1.165) is 0 Å². The van der Waals surface area contributed by atoms with Gasteiger partial charge in [0.15, 0.2) is 18.3 Å². The fourth-order valence-corrected chi connectivity index (χ4v) is 5.76. The van der Waals surface area contributed by atoms with Gasteiger partial charge in [-0.3, -0.25) is 0 Å². The average molecular weight is 655 g/mol. The first-order valence-corrected chi connectivity index (χ1v) is 16.3. The molecule has 1 aliphatic heterocycles. The van der Waals surface area contributed by atoms with Crippen molar-refractivity contribution >= 4 is 35.6 Å². The number of ether oxygens (including phenoxy) is 5. The van der Waals surface area contributed by atoms with Crippen molar-refractivity contribution in [2.24, 2.45) is 0 Å². The lowest BCUT2D eigenvalue weighted by Gasteiger charge is -2.44. The van der Waals surface area contributed by atoms with E-state index in [1.165, 1.54) is 11.8 Å². The van der Waals surface area contributed by atoms with Crippen LogP contribution in [0.25, 0.3) is 0 Å². The number of benzene rings is 4. The van der Waals surface area contributed by atoms with Crippen molar-refractivity contribution in [3.8, 4) is 0 Å². The Hall–Kier alpha value is -4.93. The molecule has 9 nitrogen and oxygen atoms in total. The minimum absolute atomic E-state index is 0.238. The minimum atomic E-state index is -1.34. The second-order valence-corrected chi connectivity index (χ2v) is 11.9. The van der Waals surface area contributed by atoms with E-state index in [1.54, 1.807) is 121 Å². The highest BCUT2D eigenvalue weighted by Crippen LogP contribution is 2.32. The summed E-state index contributed by atoms with van der Waals surface area (Å²) in [7, 11) is 0. The lowest BCUT2D eigenvalue weighted by molar-refractivity contribution is -0.223. The molecule has 10 heteroatoms. The Kier molecular flexibility index (Phi) is 11.8. The normalized spacial score (nSPS) is 20.4. The quantitative estimate of drug-likeness (QED) is 0.132. The standard InChI is InChI=1S/C37H34O9S/c1-2-47-24-30-32(45-36(40)27-19-11-5-12-20-27)33(46-37(41)28-21-13-6-14-22-28)31(44-35(39)26-17-9-4-10-18-26)29(43-30)23-42-34(38)25-15-7-3-8-16-25/h3-22,29-33H,2,23-24H2,1H3/t29-,30+,31-,32+,33+/m1/s1. The van der Waals surface area contributed by atoms with Crippen LogP contribution in [-0.4, -0.2) is 72.5 Å². The van der Waals surface area contributed by atoms with Gasteiger partial charge in [-0.05, 0) is 54.3 Å². The van der Waals surface area contributed by atoms with Gasteiger partial charge in [-0.15, -0.1) is 0 Å². The van der Waals surface area contributed by atoms with Gasteiger partial charge in [0.2, 0.25) is 0 Å². The first-order valence-electron chi connectivity index (χ1n) is 15.2. The maximum atomic E-state index is 13.6. The molecule has 1 heterocycles. The Morgan fingerprint density at radius 2 is 0.894 bits per heavy atom. The summed E-state index contributed by atoms with van der Waals surface area (Å²) in [5.74, 6) is -1.68. The van der Waals surface area contributed by atoms with Gasteiger partial charge in [0.25, 0.3) is 0 Å². The molecule has 242 valence electrons. The molecule has 0 bridgehead atoms. The molecule has 5 atom stereocenters. The van der Waals surface area contributed by atoms with Gasteiger partial charge in [-0.1, -0.05) is 79.7 Å². The van der Waals surface area contributed by atoms with Crippen LogP contribution in [0.4, 0.5) is 0 Å². The monoisotopic (exact) mass is 654 g/mol. The Morgan fingerprint density at radius 3 is 1.30 bits per heavy atom. The van der Waals surface area contributed by atoms with Crippen LogP contribution < -0.4 is 0 Å². The highest BCUT2D eigenvalue weighted by Gasteiger charge is 2.52. The van der Waals surface area contributed by atoms with E-state index in [2.05, 4.69) is 0 Å². The maximum Gasteiger partial charge on any atom is 0.338 e. The molecule has 0 aliphatic carbocycles. The molecule has 0 unspecified atom stereocenters. The summed E-state index contributed by atoms with van der Waals surface area (Å²) in [6.45, 7) is 1.63. The molecule has 0 spiro atoms. The van der Waals surface area contributed by atoms with Crippen molar-refractivity contribution in [2.45, 2.75) is 37.4 Å². The molecule has 47 heavy (non-hydrogen) atoms. The third-order valence-corrected chi connectivity index (χ3v) is 8.33. The van der Waals surface area contributed by atoms with Crippen LogP contribution in [0.1, 0.15) is 48.4 Å². The van der Waals surface area contributed by atoms with Crippen molar-refractivity contribution in [3.63, 3.8) is 0 Å². The molecule has 0 radical (unpaired) electrons. The van der Waals surface area contributed by atoms with Crippen LogP contribution in [-0.2, 0) is 23.7 Å². The lowest BCUT2D eigenvalue weighted by Crippen LogP contribution is -2.63. The Bertz CT molecular complexity index is 1620. The van der Waals surface area contributed by atoms with Crippen LogP contribution in [0.5, 0.6) is 0 Å². The van der Waals surface area contributed by atoms with Gasteiger partial charge in [-0.25, -0.2) is 19.2 Å². The summed E-state index contributed by atoms with van der Waals surface area (Å²) in [4.78, 5) is 53.4. The van der Waals surface area contributed by atoms with Gasteiger partial charge in [-0.2, -0.15) is 11.8 Å². The molecule has 1 saturated heterocycles. The van der Waals surface area contributed by atoms with E-state index in [1.807, 2.05) is 6.92 Å². The smallest absolute Gasteiger partial charge is 0.338 e. The summed E-state index contributed by atoms with van der Waals surface area (Å²) < 4.78 is 30.2.